The fraction of sp³-hybridized carbons (Fsp3) is 0.920. The Morgan fingerprint density at radius 2 is 0.645 bits per heavy atom. The average molecular weight is 447 g/mol. The number of carboxylic acids is 2. The molecule has 0 fully saturated rings. The molecule has 174 valence electrons. The number of aliphatic carboxylic acids is 2. The number of hydrogen-bond acceptors (Lipinski definition) is 4. The van der Waals surface area contributed by atoms with E-state index in [-0.39, 0.29) is 49.1 Å². The maximum Gasteiger partial charge on any atom is 3.00 e. The smallest absolute Gasteiger partial charge is 0.550 e. The van der Waals surface area contributed by atoms with Crippen molar-refractivity contribution in [3.05, 3.63) is 0 Å². The van der Waals surface area contributed by atoms with E-state index in [9.17, 15) is 19.8 Å². The number of hydrogen-bond donors (Lipinski definition) is 0. The van der Waals surface area contributed by atoms with Crippen LogP contribution in [-0.4, -0.2) is 29.3 Å². The third kappa shape index (κ3) is 44.5. The fourth-order valence-electron chi connectivity index (χ4n) is 3.34. The van der Waals surface area contributed by atoms with Crippen LogP contribution in [0.3, 0.4) is 0 Å². The Labute approximate surface area is 216 Å². The van der Waals surface area contributed by atoms with Crippen LogP contribution in [-0.2, 0) is 9.59 Å². The molecule has 0 bridgehead atoms. The maximum absolute atomic E-state index is 10.1. The predicted molar refractivity (Wildman–Crippen MR) is 124 cm³/mol. The van der Waals surface area contributed by atoms with Crippen molar-refractivity contribution in [1.82, 2.24) is 0 Å². The second-order valence-corrected chi connectivity index (χ2v) is 8.25. The van der Waals surface area contributed by atoms with Crippen LogP contribution in [0.25, 0.3) is 0 Å². The van der Waals surface area contributed by atoms with E-state index in [1.54, 1.807) is 0 Å². The minimum absolute atomic E-state index is 0. The maximum atomic E-state index is 10.1. The van der Waals surface area contributed by atoms with Crippen LogP contribution in [0.5, 0.6) is 0 Å². The van der Waals surface area contributed by atoms with Crippen LogP contribution in [0, 0.1) is 0 Å². The molecule has 4 nitrogen and oxygen atoms in total. The van der Waals surface area contributed by atoms with Gasteiger partial charge in [0.1, 0.15) is 0 Å². The summed E-state index contributed by atoms with van der Waals surface area (Å²) in [6, 6.07) is 0. The zero-order chi connectivity index (χ0) is 22.0. The van der Waals surface area contributed by atoms with Gasteiger partial charge in [-0.1, -0.05) is 123 Å². The van der Waals surface area contributed by atoms with Gasteiger partial charge in [0.2, 0.25) is 0 Å². The van der Waals surface area contributed by atoms with Gasteiger partial charge in [-0.15, -0.1) is 0 Å². The van der Waals surface area contributed by atoms with Crippen LogP contribution in [0.2, 0.25) is 0 Å². The summed E-state index contributed by atoms with van der Waals surface area (Å²) in [7, 11) is 0. The van der Waals surface area contributed by atoms with Crippen molar-refractivity contribution in [3.8, 4) is 0 Å². The van der Waals surface area contributed by atoms with Gasteiger partial charge in [-0.2, -0.15) is 0 Å². The SMILES string of the molecule is CCCCCCCCCCCC(=O)[O-].CCCCCCCCCCCCC(=O)[O-].[Al+3].[Li+]. The summed E-state index contributed by atoms with van der Waals surface area (Å²) in [6.07, 6.45) is 23.8. The molecule has 0 radical (unpaired) electrons. The van der Waals surface area contributed by atoms with E-state index >= 15 is 0 Å². The zero-order valence-corrected chi connectivity index (χ0v) is 22.2. The molecule has 0 aromatic rings. The Hall–Kier alpha value is 0.0699. The van der Waals surface area contributed by atoms with E-state index in [4.69, 9.17) is 0 Å². The van der Waals surface area contributed by atoms with Crippen LogP contribution >= 0.6 is 0 Å². The van der Waals surface area contributed by atoms with Gasteiger partial charge in [-0.3, -0.25) is 0 Å². The topological polar surface area (TPSA) is 80.3 Å². The Kier molecular flexibility index (Phi) is 42.9. The van der Waals surface area contributed by atoms with E-state index in [0.717, 1.165) is 25.7 Å². The minimum Gasteiger partial charge on any atom is -0.550 e. The summed E-state index contributed by atoms with van der Waals surface area (Å²) in [4.78, 5) is 20.2. The fourth-order valence-corrected chi connectivity index (χ4v) is 3.34. The molecule has 0 N–H and O–H groups in total. The molecule has 0 heterocycles. The molecular formula is C25H48AlLiO4+2. The predicted octanol–water partition coefficient (Wildman–Crippen LogP) is 2.33. The van der Waals surface area contributed by atoms with Crippen LogP contribution < -0.4 is 29.1 Å². The Balaban J connectivity index is -0.000000221. The van der Waals surface area contributed by atoms with Crippen LogP contribution in [0.1, 0.15) is 149 Å². The van der Waals surface area contributed by atoms with E-state index in [2.05, 4.69) is 13.8 Å². The van der Waals surface area contributed by atoms with E-state index in [1.165, 1.54) is 96.3 Å². The molecule has 0 atom stereocenters. The third-order valence-electron chi connectivity index (χ3n) is 5.22. The number of unbranched alkanes of at least 4 members (excludes halogenated alkanes) is 17. The minimum atomic E-state index is -0.909. The Bertz CT molecular complexity index is 354. The molecule has 0 unspecified atom stereocenters. The molecule has 0 aliphatic rings. The second-order valence-electron chi connectivity index (χ2n) is 8.25. The van der Waals surface area contributed by atoms with Gasteiger partial charge >= 0.3 is 36.2 Å². The molecule has 0 saturated heterocycles. The van der Waals surface area contributed by atoms with Gasteiger partial charge in [-0.05, 0) is 25.7 Å². The van der Waals surface area contributed by atoms with E-state index < -0.39 is 11.9 Å². The van der Waals surface area contributed by atoms with Gasteiger partial charge in [0.05, 0.1) is 0 Å². The summed E-state index contributed by atoms with van der Waals surface area (Å²) in [5, 5.41) is 20.2. The quantitative estimate of drug-likeness (QED) is 0.200. The molecule has 0 aromatic carbocycles. The zero-order valence-electron chi connectivity index (χ0n) is 21.1. The first-order valence-electron chi connectivity index (χ1n) is 12.4. The van der Waals surface area contributed by atoms with Crippen LogP contribution in [0.4, 0.5) is 0 Å². The third-order valence-corrected chi connectivity index (χ3v) is 5.22. The summed E-state index contributed by atoms with van der Waals surface area (Å²) >= 11 is 0. The summed E-state index contributed by atoms with van der Waals surface area (Å²) in [5.74, 6) is -1.82. The first-order chi connectivity index (χ1) is 14.0. The van der Waals surface area contributed by atoms with Crippen molar-refractivity contribution >= 4 is 29.3 Å². The molecule has 0 spiro atoms. The van der Waals surface area contributed by atoms with Gasteiger partial charge in [-0.25, -0.2) is 0 Å². The van der Waals surface area contributed by atoms with E-state index in [0.29, 0.717) is 0 Å². The standard InChI is InChI=1S/C13H26O2.C12H24O2.Al.Li/c1-2-3-4-5-6-7-8-9-10-11-12-13(14)15;1-2-3-4-5-6-7-8-9-10-11-12(13)14;;/h2-12H2,1H3,(H,14,15);2-11H2,1H3,(H,13,14);;/q;;+3;+1/p-2. The summed E-state index contributed by atoms with van der Waals surface area (Å²) < 4.78 is 0. The van der Waals surface area contributed by atoms with Gasteiger partial charge in [0.15, 0.2) is 0 Å². The molecule has 0 rings (SSSR count). The number of rotatable bonds is 21. The summed E-state index contributed by atoms with van der Waals surface area (Å²) in [5.41, 5.74) is 0. The van der Waals surface area contributed by atoms with Crippen molar-refractivity contribution in [2.75, 3.05) is 0 Å². The largest absolute Gasteiger partial charge is 3.00 e. The first-order valence-corrected chi connectivity index (χ1v) is 12.4. The van der Waals surface area contributed by atoms with Crippen molar-refractivity contribution in [1.29, 1.82) is 0 Å². The second kappa shape index (κ2) is 34.7. The number of carbonyl (C=O) groups excluding carboxylic acids is 2. The molecule has 6 heteroatoms. The van der Waals surface area contributed by atoms with E-state index in [1.807, 2.05) is 0 Å². The molecule has 0 saturated carbocycles. The van der Waals surface area contributed by atoms with Gasteiger partial charge in [0, 0.05) is 11.9 Å². The van der Waals surface area contributed by atoms with Gasteiger partial charge < -0.3 is 19.8 Å². The average Bonchev–Trinajstić information content (AvgIpc) is 2.68. The Morgan fingerprint density at radius 1 is 0.452 bits per heavy atom. The molecule has 0 aliphatic heterocycles. The monoisotopic (exact) mass is 446 g/mol. The number of carbonyl (C=O) groups is 2. The molecule has 0 aliphatic carbocycles. The van der Waals surface area contributed by atoms with Crippen molar-refractivity contribution in [2.45, 2.75) is 149 Å². The molecule has 31 heavy (non-hydrogen) atoms. The normalized spacial score (nSPS) is 9.74. The molecular weight excluding hydrogens is 398 g/mol. The van der Waals surface area contributed by atoms with Crippen LogP contribution in [0.15, 0.2) is 0 Å². The molecule has 0 amide bonds. The number of carboxylic acid groups (broad SMARTS) is 2. The molecule has 0 aromatic heterocycles. The Morgan fingerprint density at radius 3 is 0.839 bits per heavy atom. The first kappa shape index (κ1) is 38.3. The summed E-state index contributed by atoms with van der Waals surface area (Å²) in [6.45, 7) is 4.46. The van der Waals surface area contributed by atoms with Crippen molar-refractivity contribution in [3.63, 3.8) is 0 Å². The van der Waals surface area contributed by atoms with Gasteiger partial charge in [0.25, 0.3) is 0 Å². The van der Waals surface area contributed by atoms with Crippen molar-refractivity contribution in [2.24, 2.45) is 0 Å². The van der Waals surface area contributed by atoms with Crippen molar-refractivity contribution < 1.29 is 38.7 Å².